The molecular weight excluding hydrogens is 434 g/mol. The van der Waals surface area contributed by atoms with Crippen molar-refractivity contribution in [2.24, 2.45) is 5.14 Å². The largest absolute Gasteiger partial charge is 0.493 e. The highest BCUT2D eigenvalue weighted by molar-refractivity contribution is 7.99. The SMILES string of the molecule is NS(=O)(=O)c1ccc(OCCSc2nnc(-c3c[nH]c4ccccc34)n2C2CC2)cc1. The molecule has 0 radical (unpaired) electrons. The molecule has 1 fully saturated rings. The fourth-order valence-electron chi connectivity index (χ4n) is 3.50. The fourth-order valence-corrected chi connectivity index (χ4v) is 4.83. The minimum Gasteiger partial charge on any atom is -0.493 e. The van der Waals surface area contributed by atoms with E-state index >= 15 is 0 Å². The number of thioether (sulfide) groups is 1. The normalized spacial score (nSPS) is 14.2. The van der Waals surface area contributed by atoms with Crippen LogP contribution in [0.4, 0.5) is 0 Å². The van der Waals surface area contributed by atoms with Crippen molar-refractivity contribution in [3.8, 4) is 17.1 Å². The van der Waals surface area contributed by atoms with Gasteiger partial charge < -0.3 is 9.72 Å². The van der Waals surface area contributed by atoms with Gasteiger partial charge in [-0.05, 0) is 43.2 Å². The molecule has 160 valence electrons. The van der Waals surface area contributed by atoms with E-state index in [9.17, 15) is 8.42 Å². The van der Waals surface area contributed by atoms with Crippen molar-refractivity contribution in [3.63, 3.8) is 0 Å². The molecule has 5 rings (SSSR count). The van der Waals surface area contributed by atoms with Gasteiger partial charge in [0.15, 0.2) is 11.0 Å². The number of rotatable bonds is 8. The number of H-pyrrole nitrogens is 1. The van der Waals surface area contributed by atoms with Crippen LogP contribution >= 0.6 is 11.8 Å². The van der Waals surface area contributed by atoms with Gasteiger partial charge in [-0.15, -0.1) is 10.2 Å². The van der Waals surface area contributed by atoms with Gasteiger partial charge >= 0.3 is 0 Å². The van der Waals surface area contributed by atoms with Crippen LogP contribution in [-0.4, -0.2) is 40.5 Å². The van der Waals surface area contributed by atoms with E-state index in [0.717, 1.165) is 40.3 Å². The highest BCUT2D eigenvalue weighted by Crippen LogP contribution is 2.42. The highest BCUT2D eigenvalue weighted by Gasteiger charge is 2.30. The second kappa shape index (κ2) is 8.03. The molecule has 31 heavy (non-hydrogen) atoms. The molecule has 2 aromatic heterocycles. The number of aromatic nitrogens is 4. The second-order valence-electron chi connectivity index (χ2n) is 7.37. The molecule has 3 N–H and O–H groups in total. The van der Waals surface area contributed by atoms with Crippen LogP contribution in [0.15, 0.2) is 64.8 Å². The number of benzene rings is 2. The summed E-state index contributed by atoms with van der Waals surface area (Å²) in [6, 6.07) is 14.7. The summed E-state index contributed by atoms with van der Waals surface area (Å²) >= 11 is 1.60. The molecule has 4 aromatic rings. The molecule has 0 atom stereocenters. The summed E-state index contributed by atoms with van der Waals surface area (Å²) in [6.07, 6.45) is 4.26. The number of ether oxygens (including phenoxy) is 1. The van der Waals surface area contributed by atoms with Gasteiger partial charge in [0, 0.05) is 34.5 Å². The van der Waals surface area contributed by atoms with E-state index < -0.39 is 10.0 Å². The zero-order valence-electron chi connectivity index (χ0n) is 16.6. The van der Waals surface area contributed by atoms with Crippen molar-refractivity contribution < 1.29 is 13.2 Å². The van der Waals surface area contributed by atoms with Crippen LogP contribution in [-0.2, 0) is 10.0 Å². The number of nitrogens with one attached hydrogen (secondary N) is 1. The lowest BCUT2D eigenvalue weighted by molar-refractivity contribution is 0.343. The van der Waals surface area contributed by atoms with Crippen LogP contribution in [0.2, 0.25) is 0 Å². The monoisotopic (exact) mass is 455 g/mol. The molecule has 0 bridgehead atoms. The molecule has 1 saturated carbocycles. The van der Waals surface area contributed by atoms with Crippen molar-refractivity contribution in [3.05, 3.63) is 54.7 Å². The number of hydrogen-bond acceptors (Lipinski definition) is 6. The van der Waals surface area contributed by atoms with E-state index in [2.05, 4.69) is 31.9 Å². The standard InChI is InChI=1S/C21H21N5O3S2/c22-31(27,28)16-9-7-15(8-10-16)29-11-12-30-21-25-24-20(26(21)14-5-6-14)18-13-23-19-4-2-1-3-17(18)19/h1-4,7-10,13-14,23H,5-6,11-12H2,(H2,22,27,28). The number of sulfonamides is 1. The first-order valence-electron chi connectivity index (χ1n) is 9.90. The molecule has 0 amide bonds. The Morgan fingerprint density at radius 1 is 1.13 bits per heavy atom. The van der Waals surface area contributed by atoms with Crippen LogP contribution < -0.4 is 9.88 Å². The first-order valence-corrected chi connectivity index (χ1v) is 12.4. The first-order chi connectivity index (χ1) is 15.0. The van der Waals surface area contributed by atoms with Crippen molar-refractivity contribution in [1.29, 1.82) is 0 Å². The Kier molecular flexibility index (Phi) is 5.20. The predicted octanol–water partition coefficient (Wildman–Crippen LogP) is 3.58. The van der Waals surface area contributed by atoms with Crippen LogP contribution in [0.1, 0.15) is 18.9 Å². The Morgan fingerprint density at radius 3 is 2.65 bits per heavy atom. The number of hydrogen-bond donors (Lipinski definition) is 2. The maximum Gasteiger partial charge on any atom is 0.238 e. The lowest BCUT2D eigenvalue weighted by atomic mass is 10.1. The molecular formula is C21H21N5O3S2. The minimum absolute atomic E-state index is 0.0663. The molecule has 0 saturated heterocycles. The molecule has 10 heteroatoms. The molecule has 0 unspecified atom stereocenters. The van der Waals surface area contributed by atoms with Gasteiger partial charge in [-0.25, -0.2) is 13.6 Å². The minimum atomic E-state index is -3.70. The van der Waals surface area contributed by atoms with E-state index in [-0.39, 0.29) is 4.90 Å². The Morgan fingerprint density at radius 2 is 1.90 bits per heavy atom. The van der Waals surface area contributed by atoms with Crippen LogP contribution in [0.3, 0.4) is 0 Å². The Bertz CT molecular complexity index is 1320. The third-order valence-corrected chi connectivity index (χ3v) is 6.98. The average Bonchev–Trinajstić information content (AvgIpc) is 3.37. The molecule has 1 aliphatic rings. The second-order valence-corrected chi connectivity index (χ2v) is 9.99. The molecule has 2 aromatic carbocycles. The molecule has 0 spiro atoms. The predicted molar refractivity (Wildman–Crippen MR) is 120 cm³/mol. The van der Waals surface area contributed by atoms with Crippen LogP contribution in [0, 0.1) is 0 Å². The Hall–Kier alpha value is -2.82. The van der Waals surface area contributed by atoms with E-state index in [1.165, 1.54) is 12.1 Å². The number of aromatic amines is 1. The molecule has 2 heterocycles. The molecule has 8 nitrogen and oxygen atoms in total. The maximum absolute atomic E-state index is 11.3. The smallest absolute Gasteiger partial charge is 0.238 e. The van der Waals surface area contributed by atoms with E-state index in [4.69, 9.17) is 9.88 Å². The summed E-state index contributed by atoms with van der Waals surface area (Å²) in [5.74, 6) is 2.17. The summed E-state index contributed by atoms with van der Waals surface area (Å²) in [7, 11) is -3.70. The molecule has 0 aliphatic heterocycles. The van der Waals surface area contributed by atoms with E-state index in [0.29, 0.717) is 24.2 Å². The third kappa shape index (κ3) is 4.18. The number of para-hydroxylation sites is 1. The van der Waals surface area contributed by atoms with Gasteiger partial charge in [-0.1, -0.05) is 30.0 Å². The lowest BCUT2D eigenvalue weighted by Gasteiger charge is -2.09. The Balaban J connectivity index is 1.27. The summed E-state index contributed by atoms with van der Waals surface area (Å²) in [5.41, 5.74) is 2.15. The number of nitrogens with two attached hydrogens (primary N) is 1. The summed E-state index contributed by atoms with van der Waals surface area (Å²) in [5, 5.41) is 16.1. The zero-order chi connectivity index (χ0) is 21.4. The number of primary sulfonamides is 1. The van der Waals surface area contributed by atoms with Crippen molar-refractivity contribution >= 4 is 32.7 Å². The van der Waals surface area contributed by atoms with Gasteiger partial charge in [-0.2, -0.15) is 0 Å². The lowest BCUT2D eigenvalue weighted by Crippen LogP contribution is -2.11. The first kappa shape index (κ1) is 20.1. The topological polar surface area (TPSA) is 116 Å². The van der Waals surface area contributed by atoms with Gasteiger partial charge in [0.25, 0.3) is 0 Å². The van der Waals surface area contributed by atoms with E-state index in [1.54, 1.807) is 23.9 Å². The van der Waals surface area contributed by atoms with Gasteiger partial charge in [0.1, 0.15) is 5.75 Å². The van der Waals surface area contributed by atoms with Crippen LogP contribution in [0.25, 0.3) is 22.3 Å². The van der Waals surface area contributed by atoms with E-state index in [1.807, 2.05) is 18.3 Å². The third-order valence-electron chi connectivity index (χ3n) is 5.14. The number of nitrogens with zero attached hydrogens (tertiary/aromatic N) is 3. The van der Waals surface area contributed by atoms with Crippen molar-refractivity contribution in [2.75, 3.05) is 12.4 Å². The van der Waals surface area contributed by atoms with Crippen molar-refractivity contribution in [1.82, 2.24) is 19.7 Å². The highest BCUT2D eigenvalue weighted by atomic mass is 32.2. The summed E-state index contributed by atoms with van der Waals surface area (Å²) in [4.78, 5) is 3.38. The molecule has 1 aliphatic carbocycles. The summed E-state index contributed by atoms with van der Waals surface area (Å²) in [6.45, 7) is 0.458. The summed E-state index contributed by atoms with van der Waals surface area (Å²) < 4.78 is 30.6. The fraction of sp³-hybridized carbons (Fsp3) is 0.238. The maximum atomic E-state index is 11.3. The number of fused-ring (bicyclic) bond motifs is 1. The van der Waals surface area contributed by atoms with Gasteiger partial charge in [0.2, 0.25) is 10.0 Å². The van der Waals surface area contributed by atoms with Crippen molar-refractivity contribution in [2.45, 2.75) is 28.9 Å². The van der Waals surface area contributed by atoms with Gasteiger partial charge in [0.05, 0.1) is 11.5 Å². The Labute approximate surface area is 183 Å². The van der Waals surface area contributed by atoms with Crippen LogP contribution in [0.5, 0.6) is 5.75 Å². The van der Waals surface area contributed by atoms with Gasteiger partial charge in [-0.3, -0.25) is 4.57 Å². The average molecular weight is 456 g/mol. The quantitative estimate of drug-likeness (QED) is 0.310. The zero-order valence-corrected chi connectivity index (χ0v) is 18.2.